The number of nitro groups is 1. The Hall–Kier alpha value is -2.93. The summed E-state index contributed by atoms with van der Waals surface area (Å²) < 4.78 is 5.35. The molecule has 0 bridgehead atoms. The van der Waals surface area contributed by atoms with Crippen LogP contribution in [0.4, 0.5) is 11.4 Å². The molecule has 0 radical (unpaired) electrons. The van der Waals surface area contributed by atoms with Crippen molar-refractivity contribution < 1.29 is 14.5 Å². The summed E-state index contributed by atoms with van der Waals surface area (Å²) in [6.45, 7) is 3.66. The maximum Gasteiger partial charge on any atom is 0.269 e. The number of hydrogen-bond donors (Lipinski definition) is 1. The van der Waals surface area contributed by atoms with Crippen molar-refractivity contribution in [3.8, 4) is 0 Å². The molecule has 2 aromatic carbocycles. The maximum atomic E-state index is 12.1. The summed E-state index contributed by atoms with van der Waals surface area (Å²) in [5.74, 6) is -0.257. The van der Waals surface area contributed by atoms with E-state index in [-0.39, 0.29) is 11.6 Å². The van der Waals surface area contributed by atoms with E-state index in [0.717, 1.165) is 37.6 Å². The van der Waals surface area contributed by atoms with E-state index in [1.807, 2.05) is 24.3 Å². The van der Waals surface area contributed by atoms with E-state index in [1.165, 1.54) is 24.3 Å². The van der Waals surface area contributed by atoms with Gasteiger partial charge in [-0.1, -0.05) is 12.1 Å². The van der Waals surface area contributed by atoms with Crippen molar-refractivity contribution in [2.24, 2.45) is 0 Å². The SMILES string of the molecule is O=C(NCc1ccc(N2CCOCC2)cc1)c1ccc([N+](=O)[O-])cc1. The normalized spacial score (nSPS) is 14.2. The maximum absolute atomic E-state index is 12.1. The predicted octanol–water partition coefficient (Wildman–Crippen LogP) is 2.36. The van der Waals surface area contributed by atoms with Crippen LogP contribution in [0.2, 0.25) is 0 Å². The fraction of sp³-hybridized carbons (Fsp3) is 0.278. The topological polar surface area (TPSA) is 84.7 Å². The molecule has 1 amide bonds. The fourth-order valence-corrected chi connectivity index (χ4v) is 2.67. The minimum atomic E-state index is -0.488. The van der Waals surface area contributed by atoms with Crippen molar-refractivity contribution >= 4 is 17.3 Å². The number of hydrogen-bond acceptors (Lipinski definition) is 5. The van der Waals surface area contributed by atoms with E-state index in [1.54, 1.807) is 0 Å². The van der Waals surface area contributed by atoms with Crippen LogP contribution in [0.5, 0.6) is 0 Å². The smallest absolute Gasteiger partial charge is 0.269 e. The zero-order valence-corrected chi connectivity index (χ0v) is 13.7. The average molecular weight is 341 g/mol. The highest BCUT2D eigenvalue weighted by Gasteiger charge is 2.11. The zero-order valence-electron chi connectivity index (χ0n) is 13.7. The molecule has 7 heteroatoms. The summed E-state index contributed by atoms with van der Waals surface area (Å²) in [7, 11) is 0. The third-order valence-corrected chi connectivity index (χ3v) is 4.11. The van der Waals surface area contributed by atoms with Gasteiger partial charge in [0.05, 0.1) is 18.1 Å². The first-order valence-corrected chi connectivity index (χ1v) is 8.08. The summed E-state index contributed by atoms with van der Waals surface area (Å²) in [5.41, 5.74) is 2.51. The van der Waals surface area contributed by atoms with Crippen molar-refractivity contribution in [1.29, 1.82) is 0 Å². The Morgan fingerprint density at radius 1 is 1.08 bits per heavy atom. The summed E-state index contributed by atoms with van der Waals surface area (Å²) in [5, 5.41) is 13.4. The van der Waals surface area contributed by atoms with Crippen LogP contribution >= 0.6 is 0 Å². The molecular weight excluding hydrogens is 322 g/mol. The molecular formula is C18H19N3O4. The zero-order chi connectivity index (χ0) is 17.6. The Labute approximate surface area is 145 Å². The lowest BCUT2D eigenvalue weighted by Gasteiger charge is -2.28. The van der Waals surface area contributed by atoms with Crippen molar-refractivity contribution in [3.05, 3.63) is 69.8 Å². The first-order valence-electron chi connectivity index (χ1n) is 8.08. The molecule has 0 spiro atoms. The minimum Gasteiger partial charge on any atom is -0.378 e. The number of amides is 1. The molecule has 1 saturated heterocycles. The van der Waals surface area contributed by atoms with Gasteiger partial charge < -0.3 is 15.0 Å². The molecule has 3 rings (SSSR count). The Kier molecular flexibility index (Phi) is 5.25. The van der Waals surface area contributed by atoms with Gasteiger partial charge in [-0.3, -0.25) is 14.9 Å². The van der Waals surface area contributed by atoms with Crippen molar-refractivity contribution in [1.82, 2.24) is 5.32 Å². The first kappa shape index (κ1) is 16.9. The number of carbonyl (C=O) groups excluding carboxylic acids is 1. The van der Waals surface area contributed by atoms with Gasteiger partial charge in [-0.2, -0.15) is 0 Å². The van der Waals surface area contributed by atoms with Crippen LogP contribution in [0.1, 0.15) is 15.9 Å². The molecule has 2 aromatic rings. The molecule has 130 valence electrons. The Balaban J connectivity index is 1.55. The molecule has 1 heterocycles. The van der Waals surface area contributed by atoms with E-state index in [2.05, 4.69) is 10.2 Å². The second-order valence-corrected chi connectivity index (χ2v) is 5.75. The van der Waals surface area contributed by atoms with Crippen LogP contribution in [0.3, 0.4) is 0 Å². The summed E-state index contributed by atoms with van der Waals surface area (Å²) in [4.78, 5) is 24.5. The van der Waals surface area contributed by atoms with E-state index >= 15 is 0 Å². The van der Waals surface area contributed by atoms with Gasteiger partial charge in [0.1, 0.15) is 0 Å². The Morgan fingerprint density at radius 3 is 2.32 bits per heavy atom. The van der Waals surface area contributed by atoms with Gasteiger partial charge in [0.15, 0.2) is 0 Å². The highest BCUT2D eigenvalue weighted by atomic mass is 16.6. The van der Waals surface area contributed by atoms with E-state index in [4.69, 9.17) is 4.74 Å². The molecule has 0 unspecified atom stereocenters. The first-order chi connectivity index (χ1) is 12.1. The van der Waals surface area contributed by atoms with E-state index < -0.39 is 4.92 Å². The number of benzene rings is 2. The third-order valence-electron chi connectivity index (χ3n) is 4.11. The van der Waals surface area contributed by atoms with Crippen LogP contribution in [-0.4, -0.2) is 37.1 Å². The highest BCUT2D eigenvalue weighted by Crippen LogP contribution is 2.17. The number of nitro benzene ring substituents is 1. The molecule has 1 aliphatic rings. The number of non-ortho nitro benzene ring substituents is 1. The van der Waals surface area contributed by atoms with Crippen molar-refractivity contribution in [3.63, 3.8) is 0 Å². The van der Waals surface area contributed by atoms with Crippen LogP contribution in [0.25, 0.3) is 0 Å². The average Bonchev–Trinajstić information content (AvgIpc) is 2.67. The molecule has 0 saturated carbocycles. The molecule has 0 aromatic heterocycles. The third kappa shape index (κ3) is 4.33. The van der Waals surface area contributed by atoms with Crippen molar-refractivity contribution in [2.45, 2.75) is 6.54 Å². The Morgan fingerprint density at radius 2 is 1.72 bits per heavy atom. The number of nitrogens with one attached hydrogen (secondary N) is 1. The molecule has 1 fully saturated rings. The number of rotatable bonds is 5. The van der Waals surface area contributed by atoms with Crippen LogP contribution < -0.4 is 10.2 Å². The summed E-state index contributed by atoms with van der Waals surface area (Å²) in [6.07, 6.45) is 0. The van der Waals surface area contributed by atoms with Gasteiger partial charge in [-0.15, -0.1) is 0 Å². The van der Waals surface area contributed by atoms with Gasteiger partial charge in [0, 0.05) is 43.0 Å². The predicted molar refractivity (Wildman–Crippen MR) is 93.7 cm³/mol. The number of anilines is 1. The van der Waals surface area contributed by atoms with Gasteiger partial charge in [-0.05, 0) is 29.8 Å². The molecule has 0 atom stereocenters. The Bertz CT molecular complexity index is 738. The standard InChI is InChI=1S/C18H19N3O4/c22-18(15-3-7-17(8-4-15)21(23)24)19-13-14-1-5-16(6-2-14)20-9-11-25-12-10-20/h1-8H,9-13H2,(H,19,22). The summed E-state index contributed by atoms with van der Waals surface area (Å²) >= 11 is 0. The van der Waals surface area contributed by atoms with E-state index in [0.29, 0.717) is 12.1 Å². The number of nitrogens with zero attached hydrogens (tertiary/aromatic N) is 2. The number of carbonyl (C=O) groups is 1. The molecule has 1 N–H and O–H groups in total. The van der Waals surface area contributed by atoms with Crippen molar-refractivity contribution in [2.75, 3.05) is 31.2 Å². The van der Waals surface area contributed by atoms with Gasteiger partial charge in [0.25, 0.3) is 11.6 Å². The minimum absolute atomic E-state index is 0.0322. The molecule has 0 aliphatic carbocycles. The van der Waals surface area contributed by atoms with Crippen LogP contribution in [0, 0.1) is 10.1 Å². The molecule has 7 nitrogen and oxygen atoms in total. The lowest BCUT2D eigenvalue weighted by molar-refractivity contribution is -0.384. The number of morpholine rings is 1. The second-order valence-electron chi connectivity index (χ2n) is 5.75. The fourth-order valence-electron chi connectivity index (χ4n) is 2.67. The monoisotopic (exact) mass is 341 g/mol. The van der Waals surface area contributed by atoms with Crippen LogP contribution in [-0.2, 0) is 11.3 Å². The van der Waals surface area contributed by atoms with Gasteiger partial charge >= 0.3 is 0 Å². The lowest BCUT2D eigenvalue weighted by atomic mass is 10.1. The highest BCUT2D eigenvalue weighted by molar-refractivity contribution is 5.94. The second kappa shape index (κ2) is 7.76. The van der Waals surface area contributed by atoms with E-state index in [9.17, 15) is 14.9 Å². The molecule has 25 heavy (non-hydrogen) atoms. The van der Waals surface area contributed by atoms with Gasteiger partial charge in [-0.25, -0.2) is 0 Å². The van der Waals surface area contributed by atoms with Gasteiger partial charge in [0.2, 0.25) is 0 Å². The largest absolute Gasteiger partial charge is 0.378 e. The number of ether oxygens (including phenoxy) is 1. The lowest BCUT2D eigenvalue weighted by Crippen LogP contribution is -2.36. The quantitative estimate of drug-likeness (QED) is 0.667. The summed E-state index contributed by atoms with van der Waals surface area (Å²) in [6, 6.07) is 13.6. The van der Waals surface area contributed by atoms with Crippen LogP contribution in [0.15, 0.2) is 48.5 Å². The molecule has 1 aliphatic heterocycles.